The molecule has 5 heteroatoms. The molecule has 0 radical (unpaired) electrons. The van der Waals surface area contributed by atoms with Crippen LogP contribution in [0.2, 0.25) is 0 Å². The van der Waals surface area contributed by atoms with Crippen LogP contribution in [0, 0.1) is 0 Å². The first-order valence-corrected chi connectivity index (χ1v) is 8.32. The maximum atomic E-state index is 12.6. The van der Waals surface area contributed by atoms with E-state index >= 15 is 0 Å². The molecule has 1 aliphatic rings. The van der Waals surface area contributed by atoms with Crippen LogP contribution in [0.3, 0.4) is 0 Å². The van der Waals surface area contributed by atoms with Gasteiger partial charge < -0.3 is 15.0 Å². The average molecular weight is 318 g/mol. The molecule has 0 spiro atoms. The number of benzene rings is 1. The minimum absolute atomic E-state index is 0.0179. The van der Waals surface area contributed by atoms with Crippen LogP contribution in [-0.4, -0.2) is 30.5 Å². The van der Waals surface area contributed by atoms with Gasteiger partial charge in [-0.3, -0.25) is 9.59 Å². The molecule has 2 amide bonds. The van der Waals surface area contributed by atoms with Crippen molar-refractivity contribution in [2.45, 2.75) is 52.1 Å². The van der Waals surface area contributed by atoms with Gasteiger partial charge in [0.25, 0.3) is 5.91 Å². The summed E-state index contributed by atoms with van der Waals surface area (Å²) in [5, 5.41) is 2.91. The standard InChI is InChI=1S/C18H26N2O3/c1-4-5-8-12-19-16(21)11-13-20-14-9-6-7-10-15(14)23-18(2,3)17(20)22/h6-7,9-10H,4-5,8,11-13H2,1-3H3,(H,19,21). The van der Waals surface area contributed by atoms with Crippen molar-refractivity contribution < 1.29 is 14.3 Å². The largest absolute Gasteiger partial charge is 0.476 e. The molecule has 0 atom stereocenters. The van der Waals surface area contributed by atoms with E-state index in [1.54, 1.807) is 18.7 Å². The van der Waals surface area contributed by atoms with Crippen molar-refractivity contribution in [3.63, 3.8) is 0 Å². The molecule has 0 aromatic heterocycles. The minimum Gasteiger partial charge on any atom is -0.476 e. The Bertz CT molecular complexity index is 569. The molecule has 1 aliphatic heterocycles. The van der Waals surface area contributed by atoms with Crippen molar-refractivity contribution in [3.8, 4) is 5.75 Å². The van der Waals surface area contributed by atoms with Crippen molar-refractivity contribution in [3.05, 3.63) is 24.3 Å². The number of unbranched alkanes of at least 4 members (excludes halogenated alkanes) is 2. The van der Waals surface area contributed by atoms with Crippen LogP contribution in [0.15, 0.2) is 24.3 Å². The summed E-state index contributed by atoms with van der Waals surface area (Å²) in [6, 6.07) is 7.44. The Hall–Kier alpha value is -2.04. The highest BCUT2D eigenvalue weighted by Crippen LogP contribution is 2.37. The van der Waals surface area contributed by atoms with Gasteiger partial charge in [-0.05, 0) is 32.4 Å². The van der Waals surface area contributed by atoms with E-state index in [0.29, 0.717) is 25.3 Å². The molecular formula is C18H26N2O3. The average Bonchev–Trinajstić information content (AvgIpc) is 2.52. The number of hydrogen-bond donors (Lipinski definition) is 1. The first-order valence-electron chi connectivity index (χ1n) is 8.32. The number of rotatable bonds is 7. The number of anilines is 1. The lowest BCUT2D eigenvalue weighted by atomic mass is 10.0. The number of ether oxygens (including phenoxy) is 1. The molecule has 0 bridgehead atoms. The predicted molar refractivity (Wildman–Crippen MR) is 90.7 cm³/mol. The molecule has 0 aliphatic carbocycles. The first kappa shape index (κ1) is 17.3. The highest BCUT2D eigenvalue weighted by atomic mass is 16.5. The number of carbonyl (C=O) groups is 2. The Balaban J connectivity index is 1.98. The molecule has 2 rings (SSSR count). The SMILES string of the molecule is CCCCCNC(=O)CCN1C(=O)C(C)(C)Oc2ccccc21. The van der Waals surface area contributed by atoms with Gasteiger partial charge in [-0.15, -0.1) is 0 Å². The fraction of sp³-hybridized carbons (Fsp3) is 0.556. The minimum atomic E-state index is -0.911. The van der Waals surface area contributed by atoms with Crippen molar-refractivity contribution >= 4 is 17.5 Å². The molecule has 0 fully saturated rings. The summed E-state index contributed by atoms with van der Waals surface area (Å²) in [5.74, 6) is 0.547. The number of hydrogen-bond acceptors (Lipinski definition) is 3. The van der Waals surface area contributed by atoms with Crippen LogP contribution < -0.4 is 15.0 Å². The quantitative estimate of drug-likeness (QED) is 0.787. The van der Waals surface area contributed by atoms with Crippen LogP contribution in [0.1, 0.15) is 46.5 Å². The normalized spacial score (nSPS) is 15.8. The lowest BCUT2D eigenvalue weighted by Crippen LogP contribution is -2.53. The maximum absolute atomic E-state index is 12.6. The molecule has 1 aromatic rings. The van der Waals surface area contributed by atoms with Gasteiger partial charge in [-0.1, -0.05) is 31.9 Å². The smallest absolute Gasteiger partial charge is 0.270 e. The molecule has 1 N–H and O–H groups in total. The fourth-order valence-electron chi connectivity index (χ4n) is 2.65. The van der Waals surface area contributed by atoms with E-state index in [4.69, 9.17) is 4.74 Å². The van der Waals surface area contributed by atoms with Crippen molar-refractivity contribution in [2.75, 3.05) is 18.0 Å². The third kappa shape index (κ3) is 4.24. The van der Waals surface area contributed by atoms with E-state index in [-0.39, 0.29) is 11.8 Å². The number of amides is 2. The van der Waals surface area contributed by atoms with Crippen LogP contribution in [0.25, 0.3) is 0 Å². The Kier molecular flexibility index (Phi) is 5.64. The summed E-state index contributed by atoms with van der Waals surface area (Å²) in [7, 11) is 0. The molecule has 0 unspecified atom stereocenters. The third-order valence-corrected chi connectivity index (χ3v) is 3.95. The van der Waals surface area contributed by atoms with Gasteiger partial charge >= 0.3 is 0 Å². The molecule has 1 aromatic carbocycles. The maximum Gasteiger partial charge on any atom is 0.270 e. The zero-order chi connectivity index (χ0) is 16.9. The number of nitrogens with one attached hydrogen (secondary N) is 1. The van der Waals surface area contributed by atoms with E-state index in [0.717, 1.165) is 24.9 Å². The van der Waals surface area contributed by atoms with E-state index in [1.165, 1.54) is 0 Å². The highest BCUT2D eigenvalue weighted by Gasteiger charge is 2.40. The van der Waals surface area contributed by atoms with Crippen LogP contribution in [0.4, 0.5) is 5.69 Å². The second kappa shape index (κ2) is 7.49. The molecule has 5 nitrogen and oxygen atoms in total. The summed E-state index contributed by atoms with van der Waals surface area (Å²) < 4.78 is 5.77. The zero-order valence-electron chi connectivity index (χ0n) is 14.2. The second-order valence-electron chi connectivity index (χ2n) is 6.34. The van der Waals surface area contributed by atoms with Gasteiger partial charge in [0.15, 0.2) is 5.60 Å². The number of para-hydroxylation sites is 2. The molecule has 0 saturated heterocycles. The summed E-state index contributed by atoms with van der Waals surface area (Å²) in [5.41, 5.74) is -0.179. The Labute approximate surface area is 138 Å². The summed E-state index contributed by atoms with van der Waals surface area (Å²) >= 11 is 0. The summed E-state index contributed by atoms with van der Waals surface area (Å²) in [6.45, 7) is 6.70. The van der Waals surface area contributed by atoms with Gasteiger partial charge in [0.2, 0.25) is 5.91 Å². The zero-order valence-corrected chi connectivity index (χ0v) is 14.2. The van der Waals surface area contributed by atoms with Gasteiger partial charge in [-0.2, -0.15) is 0 Å². The van der Waals surface area contributed by atoms with Gasteiger partial charge in [0, 0.05) is 19.5 Å². The van der Waals surface area contributed by atoms with E-state index in [9.17, 15) is 9.59 Å². The van der Waals surface area contributed by atoms with Crippen LogP contribution >= 0.6 is 0 Å². The summed E-state index contributed by atoms with van der Waals surface area (Å²) in [4.78, 5) is 26.2. The van der Waals surface area contributed by atoms with Gasteiger partial charge in [0.05, 0.1) is 5.69 Å². The fourth-order valence-corrected chi connectivity index (χ4v) is 2.65. The van der Waals surface area contributed by atoms with E-state index < -0.39 is 5.60 Å². The van der Waals surface area contributed by atoms with Crippen LogP contribution in [-0.2, 0) is 9.59 Å². The Morgan fingerprint density at radius 2 is 2.00 bits per heavy atom. The summed E-state index contributed by atoms with van der Waals surface area (Å²) in [6.07, 6.45) is 3.53. The molecule has 126 valence electrons. The second-order valence-corrected chi connectivity index (χ2v) is 6.34. The molecular weight excluding hydrogens is 292 g/mol. The Morgan fingerprint density at radius 3 is 2.74 bits per heavy atom. The van der Waals surface area contributed by atoms with Crippen molar-refractivity contribution in [2.24, 2.45) is 0 Å². The first-order chi connectivity index (χ1) is 11.0. The molecule has 1 heterocycles. The topological polar surface area (TPSA) is 58.6 Å². The van der Waals surface area contributed by atoms with E-state index in [2.05, 4.69) is 12.2 Å². The van der Waals surface area contributed by atoms with E-state index in [1.807, 2.05) is 24.3 Å². The van der Waals surface area contributed by atoms with Gasteiger partial charge in [0.1, 0.15) is 5.75 Å². The third-order valence-electron chi connectivity index (χ3n) is 3.95. The highest BCUT2D eigenvalue weighted by molar-refractivity contribution is 6.02. The monoisotopic (exact) mass is 318 g/mol. The lowest BCUT2D eigenvalue weighted by molar-refractivity contribution is -0.132. The molecule has 0 saturated carbocycles. The van der Waals surface area contributed by atoms with Crippen molar-refractivity contribution in [1.29, 1.82) is 0 Å². The lowest BCUT2D eigenvalue weighted by Gasteiger charge is -2.38. The number of carbonyl (C=O) groups excluding carboxylic acids is 2. The molecule has 23 heavy (non-hydrogen) atoms. The Morgan fingerprint density at radius 1 is 1.26 bits per heavy atom. The predicted octanol–water partition coefficient (Wildman–Crippen LogP) is 2.89. The number of fused-ring (bicyclic) bond motifs is 1. The van der Waals surface area contributed by atoms with Gasteiger partial charge in [-0.25, -0.2) is 0 Å². The van der Waals surface area contributed by atoms with Crippen molar-refractivity contribution in [1.82, 2.24) is 5.32 Å². The van der Waals surface area contributed by atoms with Crippen LogP contribution in [0.5, 0.6) is 5.75 Å². The number of nitrogens with zero attached hydrogens (tertiary/aromatic N) is 1.